The second-order valence-corrected chi connectivity index (χ2v) is 50.3. The van der Waals surface area contributed by atoms with Gasteiger partial charge in [0.2, 0.25) is 23.6 Å². The highest BCUT2D eigenvalue weighted by molar-refractivity contribution is 6.41. The van der Waals surface area contributed by atoms with E-state index in [1.165, 1.54) is 41.9 Å². The molecule has 8 amide bonds. The standard InChI is InChI=1S/C118H176N6O26/c1-29-30-31-32-33-34-35-36-37-40-75-123-102(138)81-47-43-77-79-45-49-83-101-84(50-46-80(99(79)101)78-44-48-82(103(123)139)100(81)98(77)78)105(141)124(104(83)140)76-41-38-39-42-85(125)119-115(63-51-86(126)120-116(66-54-89(129)142-106(2,3)4,67-55-90(130)143-107(5,6)7)68-56-91(131)144-108(8,9)10,64-52-87(127)121-117(69-57-92(132)145-109(11,12)13,70-58-93(133)146-110(14,15)16)71-59-94(134)147-111(17,18)19)65-53-88(128)122-118(72-60-95(135)148-112(20,21)22,73-61-96(136)149-113(23,24)25)74-62-97(137)150-114(26,27)28/h43-50H,29-42,51-76H2,1-28H3,(H,119,125)(H,120,126)(H,121,127)(H,122,128). The zero-order valence-electron chi connectivity index (χ0n) is 95.4. The van der Waals surface area contributed by atoms with Crippen molar-refractivity contribution in [2.45, 2.75) is 510 Å². The second kappa shape index (κ2) is 52.9. The van der Waals surface area contributed by atoms with Crippen LogP contribution in [0, 0.1) is 0 Å². The van der Waals surface area contributed by atoms with Crippen molar-refractivity contribution < 1.29 is 124 Å². The quantitative estimate of drug-likeness (QED) is 0.00701. The molecule has 0 saturated carbocycles. The molecule has 0 spiro atoms. The number of carbonyl (C=O) groups excluding carboxylic acids is 17. The number of nitrogens with one attached hydrogen (secondary N) is 4. The molecule has 2 aliphatic rings. The molecule has 32 nitrogen and oxygen atoms in total. The molecule has 2 heterocycles. The largest absolute Gasteiger partial charge is 0.460 e. The Labute approximate surface area is 888 Å². The van der Waals surface area contributed by atoms with Gasteiger partial charge in [0.05, 0.1) is 0 Å². The first-order valence-corrected chi connectivity index (χ1v) is 54.4. The highest BCUT2D eigenvalue weighted by Gasteiger charge is 2.45. The molecule has 0 atom stereocenters. The van der Waals surface area contributed by atoms with Crippen molar-refractivity contribution in [3.63, 3.8) is 0 Å². The van der Waals surface area contributed by atoms with Gasteiger partial charge in [-0.05, 0) is 340 Å². The van der Waals surface area contributed by atoms with Gasteiger partial charge in [0, 0.05) is 152 Å². The van der Waals surface area contributed by atoms with Crippen LogP contribution in [0.25, 0.3) is 43.1 Å². The fourth-order valence-electron chi connectivity index (χ4n) is 19.6. The first-order valence-electron chi connectivity index (χ1n) is 54.4. The summed E-state index contributed by atoms with van der Waals surface area (Å²) in [6, 6.07) is 14.4. The summed E-state index contributed by atoms with van der Waals surface area (Å²) >= 11 is 0. The number of fused-ring (bicyclic) bond motifs is 2. The van der Waals surface area contributed by atoms with Gasteiger partial charge < -0.3 is 63.9 Å². The summed E-state index contributed by atoms with van der Waals surface area (Å²) in [5.74, 6) is -11.0. The number of nitrogens with zero attached hydrogens (tertiary/aromatic N) is 2. The normalized spacial score (nSPS) is 13.7. The molecule has 32 heteroatoms. The molecule has 4 N–H and O–H groups in total. The zero-order chi connectivity index (χ0) is 113. The molecule has 5 aromatic rings. The van der Waals surface area contributed by atoms with Crippen LogP contribution in [0.1, 0.15) is 479 Å². The SMILES string of the molecule is CCCCCCCCCCCCN1C(=O)c2ccc3c4ccc5c6c(ccc(c7ccc(c2c37)C1=O)c64)C(=O)N(CCCCCC(=O)NC(CCC(=O)NC(CCC(=O)OC(C)(C)C)(CCC(=O)OC(C)(C)C)CCC(=O)OC(C)(C)C)(CCC(=O)NC(CCC(=O)OC(C)(C)C)(CCC(=O)OC(C)(C)C)CCC(=O)OC(C)(C)C)CCC(=O)NC(CCC(=O)OC(C)(C)C)(CCC(=O)OC(C)(C)C)CCC(=O)OC(C)(C)C)C5=O. The minimum absolute atomic E-state index is 0.0852. The predicted molar refractivity (Wildman–Crippen MR) is 576 cm³/mol. The monoisotopic (exact) mass is 2090 g/mol. The number of carbonyl (C=O) groups is 17. The van der Waals surface area contributed by atoms with E-state index in [1.54, 1.807) is 211 Å². The highest BCUT2D eigenvalue weighted by Crippen LogP contribution is 2.48. The van der Waals surface area contributed by atoms with E-state index >= 15 is 28.8 Å². The lowest BCUT2D eigenvalue weighted by Crippen LogP contribution is -2.54. The molecular weight excluding hydrogens is 1920 g/mol. The first kappa shape index (κ1) is 126. The maximum atomic E-state index is 15.9. The highest BCUT2D eigenvalue weighted by atomic mass is 16.6. The third-order valence-corrected chi connectivity index (χ3v) is 26.0. The molecule has 0 unspecified atom stereocenters. The Morgan fingerprint density at radius 1 is 0.207 bits per heavy atom. The topological polar surface area (TPSA) is 428 Å². The van der Waals surface area contributed by atoms with Gasteiger partial charge in [-0.2, -0.15) is 0 Å². The number of benzene rings is 5. The van der Waals surface area contributed by atoms with Crippen LogP contribution in [-0.4, -0.2) is 196 Å². The maximum absolute atomic E-state index is 15.9. The Balaban J connectivity index is 1.35. The van der Waals surface area contributed by atoms with Gasteiger partial charge in [-0.15, -0.1) is 0 Å². The lowest BCUT2D eigenvalue weighted by Gasteiger charge is -2.39. The van der Waals surface area contributed by atoms with Crippen LogP contribution in [0.4, 0.5) is 0 Å². The number of esters is 9. The van der Waals surface area contributed by atoms with Crippen molar-refractivity contribution in [3.8, 4) is 0 Å². The zero-order valence-corrected chi connectivity index (χ0v) is 95.4. The molecule has 0 bridgehead atoms. The molecule has 2 aliphatic heterocycles. The first-order chi connectivity index (χ1) is 69.2. The molecule has 0 radical (unpaired) electrons. The summed E-state index contributed by atoms with van der Waals surface area (Å²) in [5.41, 5.74) is -14.2. The summed E-state index contributed by atoms with van der Waals surface area (Å²) in [6.45, 7) is 47.7. The van der Waals surface area contributed by atoms with E-state index in [-0.39, 0.29) is 171 Å². The van der Waals surface area contributed by atoms with Gasteiger partial charge in [-0.1, -0.05) is 95.4 Å². The van der Waals surface area contributed by atoms with Crippen LogP contribution < -0.4 is 21.3 Å². The molecule has 0 aliphatic carbocycles. The fourth-order valence-corrected chi connectivity index (χ4v) is 19.6. The average molecular weight is 2090 g/mol. The van der Waals surface area contributed by atoms with Crippen LogP contribution in [0.15, 0.2) is 48.5 Å². The Morgan fingerprint density at radius 3 is 0.547 bits per heavy atom. The lowest BCUT2D eigenvalue weighted by molar-refractivity contribution is -0.158. The maximum Gasteiger partial charge on any atom is 0.306 e. The molecular formula is C118H176N6O26. The van der Waals surface area contributed by atoms with Crippen LogP contribution >= 0.6 is 0 Å². The van der Waals surface area contributed by atoms with Crippen molar-refractivity contribution in [2.24, 2.45) is 0 Å². The van der Waals surface area contributed by atoms with Crippen LogP contribution in [0.3, 0.4) is 0 Å². The van der Waals surface area contributed by atoms with E-state index in [0.717, 1.165) is 52.6 Å². The van der Waals surface area contributed by atoms with E-state index < -0.39 is 200 Å². The van der Waals surface area contributed by atoms with E-state index in [4.69, 9.17) is 42.6 Å². The van der Waals surface area contributed by atoms with E-state index in [1.807, 2.05) is 24.3 Å². The smallest absolute Gasteiger partial charge is 0.306 e. The van der Waals surface area contributed by atoms with Gasteiger partial charge in [0.15, 0.2) is 0 Å². The second-order valence-electron chi connectivity index (χ2n) is 50.3. The van der Waals surface area contributed by atoms with Crippen LogP contribution in [0.5, 0.6) is 0 Å². The van der Waals surface area contributed by atoms with Gasteiger partial charge in [-0.3, -0.25) is 91.3 Å². The molecule has 7 rings (SSSR count). The Hall–Kier alpha value is -11.2. The molecule has 0 fully saturated rings. The lowest BCUT2D eigenvalue weighted by atomic mass is 9.80. The number of ether oxygens (including phenoxy) is 9. The number of hydrogen-bond acceptors (Lipinski definition) is 26. The Morgan fingerprint density at radius 2 is 0.367 bits per heavy atom. The number of amides is 8. The van der Waals surface area contributed by atoms with Crippen LogP contribution in [-0.2, 0) is 105 Å². The third kappa shape index (κ3) is 41.8. The fraction of sp³-hybridized carbons (Fsp3) is 0.686. The number of hydrogen-bond donors (Lipinski definition) is 4. The molecule has 5 aromatic carbocycles. The Kier molecular flexibility index (Phi) is 44.3. The number of unbranched alkanes of at least 4 members (excludes halogenated alkanes) is 11. The predicted octanol–water partition coefficient (Wildman–Crippen LogP) is 22.3. The van der Waals surface area contributed by atoms with Gasteiger partial charge in [0.25, 0.3) is 23.6 Å². The van der Waals surface area contributed by atoms with Gasteiger partial charge in [-0.25, -0.2) is 0 Å². The summed E-state index contributed by atoms with van der Waals surface area (Å²) in [7, 11) is 0. The molecule has 834 valence electrons. The summed E-state index contributed by atoms with van der Waals surface area (Å²) in [6.07, 6.45) is 3.02. The summed E-state index contributed by atoms with van der Waals surface area (Å²) in [5, 5.41) is 17.9. The minimum Gasteiger partial charge on any atom is -0.460 e. The van der Waals surface area contributed by atoms with Crippen molar-refractivity contribution in [2.75, 3.05) is 13.1 Å². The van der Waals surface area contributed by atoms with Crippen molar-refractivity contribution in [1.82, 2.24) is 31.1 Å². The van der Waals surface area contributed by atoms with Crippen LogP contribution in [0.2, 0.25) is 0 Å². The molecule has 150 heavy (non-hydrogen) atoms. The van der Waals surface area contributed by atoms with Crippen molar-refractivity contribution in [3.05, 3.63) is 70.8 Å². The van der Waals surface area contributed by atoms with Gasteiger partial charge in [0.1, 0.15) is 50.4 Å². The van der Waals surface area contributed by atoms with Gasteiger partial charge >= 0.3 is 53.7 Å². The number of imide groups is 2. The third-order valence-electron chi connectivity index (χ3n) is 26.0. The minimum atomic E-state index is -1.89. The summed E-state index contributed by atoms with van der Waals surface area (Å²) < 4.78 is 52.2. The Bertz CT molecular complexity index is 4970. The van der Waals surface area contributed by atoms with E-state index in [0.29, 0.717) is 40.3 Å². The number of rotatable bonds is 57. The summed E-state index contributed by atoms with van der Waals surface area (Å²) in [4.78, 5) is 251. The van der Waals surface area contributed by atoms with Crippen molar-refractivity contribution >= 4 is 144 Å². The van der Waals surface area contributed by atoms with E-state index in [9.17, 15) is 52.7 Å². The average Bonchev–Trinajstić information content (AvgIpc) is 0.688. The van der Waals surface area contributed by atoms with Crippen molar-refractivity contribution in [1.29, 1.82) is 0 Å². The molecule has 0 saturated heterocycles. The molecule has 0 aromatic heterocycles. The van der Waals surface area contributed by atoms with E-state index in [2.05, 4.69) is 28.2 Å².